The highest BCUT2D eigenvalue weighted by atomic mass is 35.5. The maximum absolute atomic E-state index is 12.9. The molecule has 4 rings (SSSR count). The quantitative estimate of drug-likeness (QED) is 0.263. The number of pyridine rings is 2. The van der Waals surface area contributed by atoms with E-state index in [0.717, 1.165) is 0 Å². The molecule has 0 bridgehead atoms. The summed E-state index contributed by atoms with van der Waals surface area (Å²) in [4.78, 5) is 36.8. The number of hydrogen-bond acceptors (Lipinski definition) is 6. The van der Waals surface area contributed by atoms with Gasteiger partial charge in [0.25, 0.3) is 5.56 Å². The molecule has 0 saturated carbocycles. The fourth-order valence-corrected chi connectivity index (χ4v) is 4.48. The van der Waals surface area contributed by atoms with Gasteiger partial charge in [-0.3, -0.25) is 14.6 Å². The maximum atomic E-state index is 12.9. The second kappa shape index (κ2) is 10.4. The molecular weight excluding hydrogens is 494 g/mol. The summed E-state index contributed by atoms with van der Waals surface area (Å²) in [6.07, 6.45) is 6.08. The Morgan fingerprint density at radius 3 is 2.81 bits per heavy atom. The molecule has 0 spiro atoms. The third-order valence-electron chi connectivity index (χ3n) is 5.76. The number of halogens is 1. The zero-order chi connectivity index (χ0) is 26.7. The first-order valence-electron chi connectivity index (χ1n) is 11.5. The molecule has 0 atom stereocenters. The largest absolute Gasteiger partial charge is 0.493 e. The molecule has 1 amide bonds. The third kappa shape index (κ3) is 5.31. The van der Waals surface area contributed by atoms with Gasteiger partial charge in [0, 0.05) is 25.0 Å². The lowest BCUT2D eigenvalue weighted by molar-refractivity contribution is -0.126. The number of amides is 1. The van der Waals surface area contributed by atoms with E-state index >= 15 is 0 Å². The molecule has 9 nitrogen and oxygen atoms in total. The molecule has 3 aromatic heterocycles. The highest BCUT2D eigenvalue weighted by Crippen LogP contribution is 2.42. The number of hydrogen-bond donors (Lipinski definition) is 3. The van der Waals surface area contributed by atoms with Gasteiger partial charge in [-0.1, -0.05) is 24.2 Å². The van der Waals surface area contributed by atoms with Crippen molar-refractivity contribution in [2.24, 2.45) is 0 Å². The Kier molecular flexibility index (Phi) is 7.26. The Morgan fingerprint density at radius 1 is 1.30 bits per heavy atom. The minimum absolute atomic E-state index is 0.208. The standard InChI is InChI=1S/C27H28ClN5O4/c1-6-21(34)33(4)15-27(2,3)37-20-14-29-12-10-16(20)23-24(22-18(31-23)11-13-30-26(22)35)32-19-9-7-8-17(28)25(19)36-5/h6-14,31-32H,1,15H2,2-5H3,(H,30,35). The lowest BCUT2D eigenvalue weighted by Gasteiger charge is -2.31. The van der Waals surface area contributed by atoms with Gasteiger partial charge in [0.1, 0.15) is 11.4 Å². The number of methoxy groups -OCH3 is 1. The summed E-state index contributed by atoms with van der Waals surface area (Å²) in [5, 5.41) is 4.19. The number of nitrogens with one attached hydrogen (secondary N) is 3. The lowest BCUT2D eigenvalue weighted by atomic mass is 10.1. The third-order valence-corrected chi connectivity index (χ3v) is 6.06. The molecule has 4 aromatic rings. The number of benzene rings is 1. The molecule has 0 fully saturated rings. The smallest absolute Gasteiger partial charge is 0.259 e. The van der Waals surface area contributed by atoms with Crippen LogP contribution in [-0.2, 0) is 4.79 Å². The van der Waals surface area contributed by atoms with E-state index in [0.29, 0.717) is 56.6 Å². The first kappa shape index (κ1) is 25.8. The van der Waals surface area contributed by atoms with Crippen LogP contribution in [0.2, 0.25) is 5.02 Å². The monoisotopic (exact) mass is 521 g/mol. The molecule has 192 valence electrons. The zero-order valence-corrected chi connectivity index (χ0v) is 21.8. The molecule has 3 N–H and O–H groups in total. The van der Waals surface area contributed by atoms with Crippen molar-refractivity contribution < 1.29 is 14.3 Å². The maximum Gasteiger partial charge on any atom is 0.259 e. The molecule has 0 radical (unpaired) electrons. The van der Waals surface area contributed by atoms with Crippen LogP contribution in [0, 0.1) is 0 Å². The summed E-state index contributed by atoms with van der Waals surface area (Å²) in [5.41, 5.74) is 1.97. The van der Waals surface area contributed by atoms with Crippen LogP contribution in [0.5, 0.6) is 11.5 Å². The van der Waals surface area contributed by atoms with Crippen molar-refractivity contribution in [3.63, 3.8) is 0 Å². The molecule has 0 aliphatic rings. The van der Waals surface area contributed by atoms with Crippen LogP contribution in [0.3, 0.4) is 0 Å². The number of ether oxygens (including phenoxy) is 2. The summed E-state index contributed by atoms with van der Waals surface area (Å²) in [6.45, 7) is 7.60. The van der Waals surface area contributed by atoms with Crippen LogP contribution in [0.15, 0.2) is 66.4 Å². The summed E-state index contributed by atoms with van der Waals surface area (Å²) in [7, 11) is 3.21. The molecule has 0 aliphatic carbocycles. The van der Waals surface area contributed by atoms with E-state index in [4.69, 9.17) is 21.1 Å². The van der Waals surface area contributed by atoms with Crippen molar-refractivity contribution in [1.29, 1.82) is 0 Å². The average molecular weight is 522 g/mol. The summed E-state index contributed by atoms with van der Waals surface area (Å²) in [5.74, 6) is 0.704. The van der Waals surface area contributed by atoms with Gasteiger partial charge in [-0.2, -0.15) is 0 Å². The van der Waals surface area contributed by atoms with Gasteiger partial charge in [0.2, 0.25) is 5.91 Å². The van der Waals surface area contributed by atoms with E-state index in [1.807, 2.05) is 19.9 Å². The van der Waals surface area contributed by atoms with E-state index in [9.17, 15) is 9.59 Å². The molecule has 0 aliphatic heterocycles. The Hall–Kier alpha value is -4.24. The molecule has 1 aromatic carbocycles. The number of aromatic amines is 2. The Bertz CT molecular complexity index is 1530. The van der Waals surface area contributed by atoms with Crippen molar-refractivity contribution in [1.82, 2.24) is 19.9 Å². The topological polar surface area (TPSA) is 112 Å². The second-order valence-corrected chi connectivity index (χ2v) is 9.46. The molecule has 0 unspecified atom stereocenters. The minimum Gasteiger partial charge on any atom is -0.493 e. The van der Waals surface area contributed by atoms with Crippen molar-refractivity contribution in [3.05, 3.63) is 77.0 Å². The van der Waals surface area contributed by atoms with Crippen LogP contribution in [-0.4, -0.2) is 52.1 Å². The first-order valence-corrected chi connectivity index (χ1v) is 11.9. The van der Waals surface area contributed by atoms with Crippen molar-refractivity contribution >= 4 is 39.8 Å². The number of likely N-dealkylation sites (N-methyl/N-ethyl adjacent to an activating group) is 1. The van der Waals surface area contributed by atoms with Crippen LogP contribution >= 0.6 is 11.6 Å². The second-order valence-electron chi connectivity index (χ2n) is 9.05. The van der Waals surface area contributed by atoms with Gasteiger partial charge in [-0.15, -0.1) is 0 Å². The number of anilines is 2. The number of carbonyl (C=O) groups excluding carboxylic acids is 1. The molecule has 3 heterocycles. The Morgan fingerprint density at radius 2 is 2.08 bits per heavy atom. The Balaban J connectivity index is 1.84. The van der Waals surface area contributed by atoms with E-state index in [1.165, 1.54) is 18.1 Å². The van der Waals surface area contributed by atoms with Gasteiger partial charge in [0.15, 0.2) is 5.75 Å². The molecule has 10 heteroatoms. The van der Waals surface area contributed by atoms with Crippen LogP contribution in [0.1, 0.15) is 13.8 Å². The van der Waals surface area contributed by atoms with E-state index in [-0.39, 0.29) is 11.5 Å². The SMILES string of the molecule is C=CC(=O)N(C)CC(C)(C)Oc1cnccc1-c1[nH]c2cc[nH]c(=O)c2c1Nc1cccc(Cl)c1OC. The van der Waals surface area contributed by atoms with Crippen molar-refractivity contribution in [2.45, 2.75) is 19.4 Å². The first-order chi connectivity index (χ1) is 17.6. The fraction of sp³-hybridized carbons (Fsp3) is 0.222. The van der Waals surface area contributed by atoms with Gasteiger partial charge < -0.3 is 29.7 Å². The number of para-hydroxylation sites is 1. The van der Waals surface area contributed by atoms with E-state index in [1.54, 1.807) is 49.9 Å². The number of aromatic nitrogens is 3. The van der Waals surface area contributed by atoms with Gasteiger partial charge in [-0.05, 0) is 44.2 Å². The van der Waals surface area contributed by atoms with Crippen LogP contribution < -0.4 is 20.3 Å². The van der Waals surface area contributed by atoms with Crippen LogP contribution in [0.25, 0.3) is 22.2 Å². The number of H-pyrrole nitrogens is 2. The number of fused-ring (bicyclic) bond motifs is 1. The average Bonchev–Trinajstić information content (AvgIpc) is 3.22. The van der Waals surface area contributed by atoms with Crippen molar-refractivity contribution in [3.8, 4) is 22.8 Å². The normalized spacial score (nSPS) is 11.3. The summed E-state index contributed by atoms with van der Waals surface area (Å²) in [6, 6.07) is 8.89. The Labute approximate surface area is 219 Å². The predicted molar refractivity (Wildman–Crippen MR) is 146 cm³/mol. The number of nitrogens with zero attached hydrogens (tertiary/aromatic N) is 2. The predicted octanol–water partition coefficient (Wildman–Crippen LogP) is 5.13. The van der Waals surface area contributed by atoms with E-state index < -0.39 is 5.60 Å². The molecular formula is C27H28ClN5O4. The minimum atomic E-state index is -0.765. The molecule has 0 saturated heterocycles. The number of rotatable bonds is 9. The lowest BCUT2D eigenvalue weighted by Crippen LogP contribution is -2.43. The highest BCUT2D eigenvalue weighted by Gasteiger charge is 2.27. The van der Waals surface area contributed by atoms with Crippen molar-refractivity contribution in [2.75, 3.05) is 26.0 Å². The number of carbonyl (C=O) groups is 1. The van der Waals surface area contributed by atoms with Gasteiger partial charge in [0.05, 0.1) is 52.8 Å². The zero-order valence-electron chi connectivity index (χ0n) is 21.0. The van der Waals surface area contributed by atoms with Gasteiger partial charge >= 0.3 is 0 Å². The van der Waals surface area contributed by atoms with Gasteiger partial charge in [-0.25, -0.2) is 0 Å². The van der Waals surface area contributed by atoms with Crippen LogP contribution in [0.4, 0.5) is 11.4 Å². The molecule has 37 heavy (non-hydrogen) atoms. The summed E-state index contributed by atoms with van der Waals surface area (Å²) >= 11 is 6.34. The van der Waals surface area contributed by atoms with E-state index in [2.05, 4.69) is 26.8 Å². The fourth-order valence-electron chi connectivity index (χ4n) is 4.23. The summed E-state index contributed by atoms with van der Waals surface area (Å²) < 4.78 is 11.9. The highest BCUT2D eigenvalue weighted by molar-refractivity contribution is 6.32.